The third-order valence-electron chi connectivity index (χ3n) is 1.88. The molecule has 2 aromatic rings. The molecule has 0 fully saturated rings. The molecule has 1 nitrogen and oxygen atoms in total. The Labute approximate surface area is 86.9 Å². The predicted molar refractivity (Wildman–Crippen MR) is 55.4 cm³/mol. The molecule has 0 spiro atoms. The van der Waals surface area contributed by atoms with Gasteiger partial charge in [-0.1, -0.05) is 15.9 Å². The van der Waals surface area contributed by atoms with Gasteiger partial charge in [-0.3, -0.25) is 0 Å². The molecule has 0 aliphatic carbocycles. The van der Waals surface area contributed by atoms with E-state index < -0.39 is 0 Å². The first-order valence-corrected chi connectivity index (χ1v) is 5.36. The maximum Gasteiger partial charge on any atom is 0.146 e. The van der Waals surface area contributed by atoms with E-state index >= 15 is 0 Å². The minimum Gasteiger partial charge on any atom is -0.392 e. The molecule has 13 heavy (non-hydrogen) atoms. The monoisotopic (exact) mass is 260 g/mol. The molecule has 2 rings (SSSR count). The van der Waals surface area contributed by atoms with Crippen LogP contribution in [0.5, 0.6) is 0 Å². The number of aliphatic hydroxyl groups is 1. The number of halogens is 2. The van der Waals surface area contributed by atoms with Crippen LogP contribution in [-0.4, -0.2) is 5.11 Å². The third kappa shape index (κ3) is 1.39. The zero-order valence-electron chi connectivity index (χ0n) is 6.55. The summed E-state index contributed by atoms with van der Waals surface area (Å²) >= 11 is 4.67. The molecule has 0 saturated carbocycles. The van der Waals surface area contributed by atoms with Gasteiger partial charge in [0.25, 0.3) is 0 Å². The van der Waals surface area contributed by atoms with Crippen LogP contribution in [0.1, 0.15) is 5.56 Å². The molecule has 1 heterocycles. The van der Waals surface area contributed by atoms with Gasteiger partial charge in [0.15, 0.2) is 0 Å². The first kappa shape index (κ1) is 9.12. The summed E-state index contributed by atoms with van der Waals surface area (Å²) < 4.78 is 14.9. The Kier molecular flexibility index (Phi) is 2.36. The van der Waals surface area contributed by atoms with Gasteiger partial charge in [-0.2, -0.15) is 0 Å². The molecule has 68 valence electrons. The molecular weight excluding hydrogens is 255 g/mol. The second kappa shape index (κ2) is 3.36. The lowest BCUT2D eigenvalue weighted by atomic mass is 10.2. The van der Waals surface area contributed by atoms with Crippen LogP contribution in [0.4, 0.5) is 4.39 Å². The van der Waals surface area contributed by atoms with Crippen LogP contribution in [-0.2, 0) is 6.61 Å². The summed E-state index contributed by atoms with van der Waals surface area (Å²) in [5.41, 5.74) is 0.335. The molecule has 0 aliphatic rings. The number of hydrogen-bond acceptors (Lipinski definition) is 2. The third-order valence-corrected chi connectivity index (χ3v) is 3.44. The van der Waals surface area contributed by atoms with Gasteiger partial charge >= 0.3 is 0 Å². The maximum absolute atomic E-state index is 13.5. The molecule has 0 unspecified atom stereocenters. The molecular formula is C9H6BrFOS. The van der Waals surface area contributed by atoms with E-state index in [9.17, 15) is 4.39 Å². The predicted octanol–water partition coefficient (Wildman–Crippen LogP) is 3.30. The summed E-state index contributed by atoms with van der Waals surface area (Å²) in [6.45, 7) is -0.266. The van der Waals surface area contributed by atoms with Crippen LogP contribution in [0.3, 0.4) is 0 Å². The molecule has 4 heteroatoms. The molecule has 1 aromatic carbocycles. The first-order chi connectivity index (χ1) is 6.24. The van der Waals surface area contributed by atoms with Gasteiger partial charge in [0.2, 0.25) is 0 Å². The van der Waals surface area contributed by atoms with Crippen molar-refractivity contribution in [2.75, 3.05) is 0 Å². The maximum atomic E-state index is 13.5. The fourth-order valence-corrected chi connectivity index (χ4v) is 2.84. The molecule has 1 aromatic heterocycles. The lowest BCUT2D eigenvalue weighted by molar-refractivity contribution is 0.276. The molecule has 0 radical (unpaired) electrons. The van der Waals surface area contributed by atoms with E-state index in [1.54, 1.807) is 6.07 Å². The normalized spacial score (nSPS) is 11.0. The average molecular weight is 261 g/mol. The smallest absolute Gasteiger partial charge is 0.146 e. The lowest BCUT2D eigenvalue weighted by Gasteiger charge is -2.02. The molecule has 0 aliphatic heterocycles. The second-order valence-electron chi connectivity index (χ2n) is 2.65. The number of benzene rings is 1. The van der Waals surface area contributed by atoms with E-state index in [1.807, 2.05) is 11.4 Å². The average Bonchev–Trinajstić information content (AvgIpc) is 2.60. The number of fused-ring (bicyclic) bond motifs is 1. The molecule has 1 N–H and O–H groups in total. The van der Waals surface area contributed by atoms with Crippen LogP contribution in [0.15, 0.2) is 22.0 Å². The Hall–Kier alpha value is -0.450. The van der Waals surface area contributed by atoms with E-state index in [1.165, 1.54) is 11.3 Å². The Morgan fingerprint density at radius 1 is 1.54 bits per heavy atom. The highest BCUT2D eigenvalue weighted by Gasteiger charge is 2.10. The standard InChI is InChI=1S/C9H6BrFOS/c10-7-3-5(4-12)8(11)9-6(7)1-2-13-9/h1-3,12H,4H2. The van der Waals surface area contributed by atoms with E-state index in [-0.39, 0.29) is 12.4 Å². The highest BCUT2D eigenvalue weighted by Crippen LogP contribution is 2.32. The Balaban J connectivity index is 2.85. The molecule has 0 amide bonds. The van der Waals surface area contributed by atoms with Gasteiger partial charge in [0, 0.05) is 15.4 Å². The first-order valence-electron chi connectivity index (χ1n) is 3.69. The van der Waals surface area contributed by atoms with Gasteiger partial charge in [-0.25, -0.2) is 4.39 Å². The Bertz CT molecular complexity index is 452. The number of hydrogen-bond donors (Lipinski definition) is 1. The SMILES string of the molecule is OCc1cc(Br)c2ccsc2c1F. The fraction of sp³-hybridized carbons (Fsp3) is 0.111. The highest BCUT2D eigenvalue weighted by atomic mass is 79.9. The van der Waals surface area contributed by atoms with Crippen molar-refractivity contribution in [3.05, 3.63) is 33.4 Å². The largest absolute Gasteiger partial charge is 0.392 e. The van der Waals surface area contributed by atoms with Crippen LogP contribution in [0.2, 0.25) is 0 Å². The van der Waals surface area contributed by atoms with E-state index in [4.69, 9.17) is 5.11 Å². The Morgan fingerprint density at radius 3 is 3.00 bits per heavy atom. The zero-order valence-corrected chi connectivity index (χ0v) is 8.95. The molecule has 0 saturated heterocycles. The fourth-order valence-electron chi connectivity index (χ4n) is 1.22. The number of thiophene rings is 1. The molecule has 0 bridgehead atoms. The number of rotatable bonds is 1. The van der Waals surface area contributed by atoms with Crippen LogP contribution < -0.4 is 0 Å². The minimum absolute atomic E-state index is 0.266. The molecule has 0 atom stereocenters. The number of aliphatic hydroxyl groups excluding tert-OH is 1. The van der Waals surface area contributed by atoms with Crippen LogP contribution in [0.25, 0.3) is 10.1 Å². The lowest BCUT2D eigenvalue weighted by Crippen LogP contribution is -1.89. The minimum atomic E-state index is -0.310. The van der Waals surface area contributed by atoms with Gasteiger partial charge < -0.3 is 5.11 Å². The van der Waals surface area contributed by atoms with E-state index in [0.29, 0.717) is 10.3 Å². The summed E-state index contributed by atoms with van der Waals surface area (Å²) in [5, 5.41) is 11.6. The quantitative estimate of drug-likeness (QED) is 0.835. The van der Waals surface area contributed by atoms with Crippen molar-refractivity contribution < 1.29 is 9.50 Å². The van der Waals surface area contributed by atoms with Crippen molar-refractivity contribution in [2.45, 2.75) is 6.61 Å². The van der Waals surface area contributed by atoms with E-state index in [2.05, 4.69) is 15.9 Å². The van der Waals surface area contributed by atoms with Crippen molar-refractivity contribution in [2.24, 2.45) is 0 Å². The van der Waals surface area contributed by atoms with Gasteiger partial charge in [-0.15, -0.1) is 11.3 Å². The van der Waals surface area contributed by atoms with Crippen molar-refractivity contribution in [1.82, 2.24) is 0 Å². The van der Waals surface area contributed by atoms with Crippen LogP contribution >= 0.6 is 27.3 Å². The van der Waals surface area contributed by atoms with Gasteiger partial charge in [0.05, 0.1) is 11.3 Å². The summed E-state index contributed by atoms with van der Waals surface area (Å²) in [6, 6.07) is 3.47. The van der Waals surface area contributed by atoms with Crippen molar-refractivity contribution >= 4 is 37.4 Å². The van der Waals surface area contributed by atoms with Crippen LogP contribution in [0, 0.1) is 5.82 Å². The summed E-state index contributed by atoms with van der Waals surface area (Å²) in [7, 11) is 0. The zero-order chi connectivity index (χ0) is 9.42. The topological polar surface area (TPSA) is 20.2 Å². The van der Waals surface area contributed by atoms with Crippen molar-refractivity contribution in [3.8, 4) is 0 Å². The summed E-state index contributed by atoms with van der Waals surface area (Å²) in [5.74, 6) is -0.310. The summed E-state index contributed by atoms with van der Waals surface area (Å²) in [6.07, 6.45) is 0. The van der Waals surface area contributed by atoms with Gasteiger partial charge in [0.1, 0.15) is 5.82 Å². The summed E-state index contributed by atoms with van der Waals surface area (Å²) in [4.78, 5) is 0. The highest BCUT2D eigenvalue weighted by molar-refractivity contribution is 9.10. The van der Waals surface area contributed by atoms with E-state index in [0.717, 1.165) is 9.86 Å². The van der Waals surface area contributed by atoms with Gasteiger partial charge in [-0.05, 0) is 17.5 Å². The Morgan fingerprint density at radius 2 is 2.31 bits per heavy atom. The second-order valence-corrected chi connectivity index (χ2v) is 4.42. The van der Waals surface area contributed by atoms with Crippen molar-refractivity contribution in [3.63, 3.8) is 0 Å². The van der Waals surface area contributed by atoms with Crippen molar-refractivity contribution in [1.29, 1.82) is 0 Å².